The van der Waals surface area contributed by atoms with Crippen LogP contribution in [0.3, 0.4) is 0 Å². The van der Waals surface area contributed by atoms with Crippen LogP contribution in [0, 0.1) is 0 Å². The summed E-state index contributed by atoms with van der Waals surface area (Å²) in [5.74, 6) is -0.371. The fraction of sp³-hybridized carbons (Fsp3) is 0.700. The molecule has 1 fully saturated rings. The molecule has 0 spiro atoms. The number of ether oxygens (including phenoxy) is 2. The summed E-state index contributed by atoms with van der Waals surface area (Å²) in [6, 6.07) is -0.167. The van der Waals surface area contributed by atoms with Gasteiger partial charge in [-0.1, -0.05) is 35.1 Å². The number of morpholine rings is 1. The number of nitrogens with two attached hydrogens (primary N) is 1. The minimum Gasteiger partial charge on any atom is -0.493 e. The minimum atomic E-state index is -0.738. The van der Waals surface area contributed by atoms with Gasteiger partial charge in [0.2, 0.25) is 0 Å². The number of halogens is 1. The van der Waals surface area contributed by atoms with E-state index >= 15 is 0 Å². The Hall–Kier alpha value is -1.17. The van der Waals surface area contributed by atoms with E-state index in [0.29, 0.717) is 37.5 Å². The first-order chi connectivity index (χ1) is 13.9. The molecule has 9 heteroatoms. The van der Waals surface area contributed by atoms with Crippen molar-refractivity contribution in [1.29, 1.82) is 0 Å². The summed E-state index contributed by atoms with van der Waals surface area (Å²) in [5, 5.41) is 11.7. The summed E-state index contributed by atoms with van der Waals surface area (Å²) in [4.78, 5) is 25.6. The minimum absolute atomic E-state index is 0.0418. The molecule has 2 unspecified atom stereocenters. The zero-order valence-corrected chi connectivity index (χ0v) is 19.1. The monoisotopic (exact) mass is 521 g/mol. The number of hydrogen-bond acceptors (Lipinski definition) is 6. The highest BCUT2D eigenvalue weighted by Gasteiger charge is 2.27. The number of nitrogens with one attached hydrogen (secondary N) is 1. The van der Waals surface area contributed by atoms with Crippen LogP contribution in [0.25, 0.3) is 0 Å². The van der Waals surface area contributed by atoms with Crippen LogP contribution in [-0.4, -0.2) is 77.3 Å². The molecule has 1 heterocycles. The second kappa shape index (κ2) is 12.5. The number of amides is 1. The lowest BCUT2D eigenvalue weighted by molar-refractivity contribution is -0.137. The summed E-state index contributed by atoms with van der Waals surface area (Å²) in [6.07, 6.45) is 6.42. The van der Waals surface area contributed by atoms with Gasteiger partial charge in [-0.15, -0.1) is 0 Å². The molecule has 0 bridgehead atoms. The van der Waals surface area contributed by atoms with Gasteiger partial charge in [-0.05, 0) is 32.4 Å². The molecule has 8 nitrogen and oxygen atoms in total. The zero-order valence-electron chi connectivity index (χ0n) is 16.9. The van der Waals surface area contributed by atoms with Crippen LogP contribution in [0.2, 0.25) is 0 Å². The van der Waals surface area contributed by atoms with Gasteiger partial charge in [0.1, 0.15) is 5.76 Å². The lowest BCUT2D eigenvalue weighted by Crippen LogP contribution is -2.48. The first-order valence-corrected chi connectivity index (χ1v) is 11.5. The third-order valence-corrected chi connectivity index (χ3v) is 6.12. The zero-order chi connectivity index (χ0) is 21.2. The summed E-state index contributed by atoms with van der Waals surface area (Å²) < 4.78 is 11.4. The molecule has 1 amide bonds. The molecule has 3 atom stereocenters. The SMILES string of the molecule is CCOC1=CC(N)C(I)C=C1C(=O)NC[C@@H]1CN(CCCCCC(=O)O)CCO1. The predicted octanol–water partition coefficient (Wildman–Crippen LogP) is 1.44. The molecule has 1 aliphatic carbocycles. The number of carboxylic acids is 1. The van der Waals surface area contributed by atoms with Crippen molar-refractivity contribution in [2.75, 3.05) is 39.4 Å². The van der Waals surface area contributed by atoms with E-state index < -0.39 is 5.97 Å². The van der Waals surface area contributed by atoms with Crippen molar-refractivity contribution < 1.29 is 24.2 Å². The van der Waals surface area contributed by atoms with Crippen molar-refractivity contribution in [2.24, 2.45) is 5.73 Å². The van der Waals surface area contributed by atoms with Gasteiger partial charge in [-0.2, -0.15) is 0 Å². The van der Waals surface area contributed by atoms with Gasteiger partial charge in [0.15, 0.2) is 0 Å². The number of alkyl halides is 1. The molecule has 0 aromatic carbocycles. The molecule has 1 aliphatic heterocycles. The lowest BCUT2D eigenvalue weighted by atomic mass is 10.0. The first-order valence-electron chi connectivity index (χ1n) is 10.2. The maximum atomic E-state index is 12.7. The van der Waals surface area contributed by atoms with Crippen LogP contribution in [0.15, 0.2) is 23.5 Å². The van der Waals surface area contributed by atoms with Gasteiger partial charge in [0.25, 0.3) is 5.91 Å². The smallest absolute Gasteiger partial charge is 0.303 e. The van der Waals surface area contributed by atoms with E-state index in [4.69, 9.17) is 20.3 Å². The molecular formula is C20H32IN3O5. The molecular weight excluding hydrogens is 489 g/mol. The highest BCUT2D eigenvalue weighted by atomic mass is 127. The quantitative estimate of drug-likeness (QED) is 0.214. The van der Waals surface area contributed by atoms with Crippen LogP contribution in [0.1, 0.15) is 32.6 Å². The third kappa shape index (κ3) is 8.23. The maximum absolute atomic E-state index is 12.7. The maximum Gasteiger partial charge on any atom is 0.303 e. The number of carbonyl (C=O) groups excluding carboxylic acids is 1. The molecule has 0 aromatic rings. The Labute approximate surface area is 186 Å². The topological polar surface area (TPSA) is 114 Å². The molecule has 2 rings (SSSR count). The predicted molar refractivity (Wildman–Crippen MR) is 119 cm³/mol. The van der Waals surface area contributed by atoms with Crippen molar-refractivity contribution in [3.63, 3.8) is 0 Å². The highest BCUT2D eigenvalue weighted by Crippen LogP contribution is 2.24. The van der Waals surface area contributed by atoms with Gasteiger partial charge >= 0.3 is 5.97 Å². The Morgan fingerprint density at radius 3 is 2.90 bits per heavy atom. The number of rotatable bonds is 11. The first kappa shape index (κ1) is 24.1. The van der Waals surface area contributed by atoms with Crippen molar-refractivity contribution >= 4 is 34.5 Å². The third-order valence-electron chi connectivity index (χ3n) is 4.93. The molecule has 29 heavy (non-hydrogen) atoms. The highest BCUT2D eigenvalue weighted by molar-refractivity contribution is 14.1. The summed E-state index contributed by atoms with van der Waals surface area (Å²) >= 11 is 2.22. The van der Waals surface area contributed by atoms with Gasteiger partial charge in [-0.3, -0.25) is 14.5 Å². The molecule has 0 aromatic heterocycles. The van der Waals surface area contributed by atoms with E-state index in [9.17, 15) is 9.59 Å². The van der Waals surface area contributed by atoms with Crippen LogP contribution < -0.4 is 11.1 Å². The Kier molecular flexibility index (Phi) is 10.4. The molecule has 0 radical (unpaired) electrons. The van der Waals surface area contributed by atoms with E-state index in [0.717, 1.165) is 32.5 Å². The number of hydrogen-bond donors (Lipinski definition) is 3. The lowest BCUT2D eigenvalue weighted by Gasteiger charge is -2.33. The van der Waals surface area contributed by atoms with Crippen LogP contribution >= 0.6 is 22.6 Å². The number of nitrogens with zero attached hydrogens (tertiary/aromatic N) is 1. The van der Waals surface area contributed by atoms with Gasteiger partial charge < -0.3 is 25.6 Å². The molecule has 2 aliphatic rings. The largest absolute Gasteiger partial charge is 0.493 e. The van der Waals surface area contributed by atoms with E-state index in [1.165, 1.54) is 0 Å². The number of carbonyl (C=O) groups is 2. The van der Waals surface area contributed by atoms with Crippen LogP contribution in [0.5, 0.6) is 0 Å². The van der Waals surface area contributed by atoms with Gasteiger partial charge in [-0.25, -0.2) is 0 Å². The average molecular weight is 521 g/mol. The second-order valence-electron chi connectivity index (χ2n) is 7.27. The van der Waals surface area contributed by atoms with Gasteiger partial charge in [0, 0.05) is 36.0 Å². The standard InChI is InChI=1S/C20H32IN3O5/c1-2-28-18-11-17(22)16(21)10-15(18)20(27)23-12-14-13-24(8-9-29-14)7-5-3-4-6-19(25)26/h10-11,14,16-17H,2-9,12-13,22H2,1H3,(H,23,27)(H,25,26)/t14-,16?,17?/m1/s1. The van der Waals surface area contributed by atoms with Gasteiger partial charge in [0.05, 0.1) is 24.9 Å². The average Bonchev–Trinajstić information content (AvgIpc) is 2.69. The Balaban J connectivity index is 1.76. The summed E-state index contributed by atoms with van der Waals surface area (Å²) in [6.45, 7) is 5.96. The Morgan fingerprint density at radius 1 is 1.38 bits per heavy atom. The van der Waals surface area contributed by atoms with E-state index in [2.05, 4.69) is 32.8 Å². The normalized spacial score (nSPS) is 25.1. The van der Waals surface area contributed by atoms with Crippen LogP contribution in [-0.2, 0) is 19.1 Å². The fourth-order valence-corrected chi connectivity index (χ4v) is 3.94. The summed E-state index contributed by atoms with van der Waals surface area (Å²) in [7, 11) is 0. The van der Waals surface area contributed by atoms with Crippen molar-refractivity contribution in [2.45, 2.75) is 48.7 Å². The fourth-order valence-electron chi connectivity index (χ4n) is 3.38. The molecule has 164 valence electrons. The van der Waals surface area contributed by atoms with E-state index in [1.54, 1.807) is 6.08 Å². The molecule has 4 N–H and O–H groups in total. The second-order valence-corrected chi connectivity index (χ2v) is 8.71. The van der Waals surface area contributed by atoms with Crippen LogP contribution in [0.4, 0.5) is 0 Å². The Bertz CT molecular complexity index is 625. The number of aliphatic carboxylic acids is 1. The van der Waals surface area contributed by atoms with Crippen molar-refractivity contribution in [3.8, 4) is 0 Å². The van der Waals surface area contributed by atoms with Crippen molar-refractivity contribution in [1.82, 2.24) is 10.2 Å². The van der Waals surface area contributed by atoms with Crippen molar-refractivity contribution in [3.05, 3.63) is 23.5 Å². The molecule has 1 saturated heterocycles. The van der Waals surface area contributed by atoms with E-state index in [1.807, 2.05) is 13.0 Å². The Morgan fingerprint density at radius 2 is 2.17 bits per heavy atom. The van der Waals surface area contributed by atoms with E-state index in [-0.39, 0.29) is 28.4 Å². The number of carboxylic acid groups (broad SMARTS) is 1. The summed E-state index contributed by atoms with van der Waals surface area (Å²) in [5.41, 5.74) is 6.57. The number of unbranched alkanes of at least 4 members (excludes halogenated alkanes) is 2. The molecule has 0 saturated carbocycles.